The third kappa shape index (κ3) is 3.06. The van der Waals surface area contributed by atoms with Crippen molar-refractivity contribution in [3.8, 4) is 0 Å². The predicted molar refractivity (Wildman–Crippen MR) is 113 cm³/mol. The van der Waals surface area contributed by atoms with Crippen molar-refractivity contribution < 1.29 is 18.0 Å². The van der Waals surface area contributed by atoms with E-state index in [9.17, 15) is 18.0 Å². The molecule has 2 heterocycles. The summed E-state index contributed by atoms with van der Waals surface area (Å²) in [5.74, 6) is -1.07. The van der Waals surface area contributed by atoms with Gasteiger partial charge in [0.2, 0.25) is 0 Å². The highest BCUT2D eigenvalue weighted by Crippen LogP contribution is 2.31. The van der Waals surface area contributed by atoms with Crippen LogP contribution in [-0.2, 0) is 10.0 Å². The Hall–Kier alpha value is -3.19. The van der Waals surface area contributed by atoms with Crippen LogP contribution < -0.4 is 0 Å². The van der Waals surface area contributed by atoms with Gasteiger partial charge >= 0.3 is 0 Å². The number of benzene rings is 2. The van der Waals surface area contributed by atoms with E-state index < -0.39 is 28.3 Å². The summed E-state index contributed by atoms with van der Waals surface area (Å²) in [6.07, 6.45) is 0. The van der Waals surface area contributed by atoms with Crippen LogP contribution in [0.5, 0.6) is 0 Å². The van der Waals surface area contributed by atoms with Crippen LogP contribution in [0.1, 0.15) is 50.6 Å². The summed E-state index contributed by atoms with van der Waals surface area (Å²) in [4.78, 5) is 25.6. The summed E-state index contributed by atoms with van der Waals surface area (Å²) >= 11 is 0. The van der Waals surface area contributed by atoms with Gasteiger partial charge in [-0.05, 0) is 44.5 Å². The maximum absolute atomic E-state index is 13.1. The Morgan fingerprint density at radius 2 is 1.63 bits per heavy atom. The number of aryl methyl sites for hydroxylation is 1. The molecule has 6 nitrogen and oxygen atoms in total. The van der Waals surface area contributed by atoms with E-state index in [2.05, 4.69) is 11.5 Å². The molecule has 7 heteroatoms. The van der Waals surface area contributed by atoms with Gasteiger partial charge in [0.25, 0.3) is 15.9 Å². The fraction of sp³-hybridized carbons (Fsp3) is 0.217. The van der Waals surface area contributed by atoms with Crippen LogP contribution in [0.3, 0.4) is 0 Å². The van der Waals surface area contributed by atoms with Crippen molar-refractivity contribution in [3.05, 3.63) is 88.7 Å². The molecule has 4 rings (SSSR count). The molecule has 0 bridgehead atoms. The Labute approximate surface area is 175 Å². The third-order valence-corrected chi connectivity index (χ3v) is 7.44. The Balaban J connectivity index is 1.65. The zero-order valence-corrected chi connectivity index (χ0v) is 17.8. The molecule has 1 amide bonds. The molecule has 3 aromatic rings. The van der Waals surface area contributed by atoms with E-state index in [0.717, 1.165) is 17.0 Å². The van der Waals surface area contributed by atoms with Crippen molar-refractivity contribution >= 4 is 21.7 Å². The van der Waals surface area contributed by atoms with E-state index in [-0.39, 0.29) is 16.5 Å². The molecule has 1 aliphatic heterocycles. The average molecular weight is 423 g/mol. The molecule has 0 saturated carbocycles. The number of carbonyl (C=O) groups is 2. The van der Waals surface area contributed by atoms with Crippen LogP contribution >= 0.6 is 0 Å². The molecule has 0 N–H and O–H groups in total. The molecule has 0 radical (unpaired) electrons. The number of Topliss-reactive ketones (excluding diaryl/α,β-unsaturated/α-hetero) is 1. The first-order valence-corrected chi connectivity index (χ1v) is 11.1. The molecule has 0 aliphatic carbocycles. The number of fused-ring (bicyclic) bond motifs is 1. The van der Waals surface area contributed by atoms with Crippen LogP contribution in [0.2, 0.25) is 0 Å². The lowest BCUT2D eigenvalue weighted by Gasteiger charge is -2.19. The monoisotopic (exact) mass is 422 g/mol. The van der Waals surface area contributed by atoms with Gasteiger partial charge in [-0.1, -0.05) is 42.5 Å². The molecule has 2 aromatic carbocycles. The Morgan fingerprint density at radius 3 is 2.30 bits per heavy atom. The quantitative estimate of drug-likeness (QED) is 0.587. The molecule has 154 valence electrons. The summed E-state index contributed by atoms with van der Waals surface area (Å²) in [6.45, 7) is 5.29. The van der Waals surface area contributed by atoms with E-state index >= 15 is 0 Å². The van der Waals surface area contributed by atoms with Crippen LogP contribution in [0.4, 0.5) is 0 Å². The standard InChI is InChI=1S/C23H22N2O4S/c1-15-13-20(17(3)25(15)16(2)18-9-5-4-6-10-18)21(26)14-24-23(27)19-11-7-8-12-22(19)30(24,28)29/h4-13,16H,14H2,1-3H3. The Bertz CT molecular complexity index is 1260. The first-order chi connectivity index (χ1) is 14.2. The minimum Gasteiger partial charge on any atom is -0.341 e. The molecule has 0 spiro atoms. The maximum atomic E-state index is 13.1. The van der Waals surface area contributed by atoms with Gasteiger partial charge in [0, 0.05) is 17.0 Å². The number of carbonyl (C=O) groups excluding carboxylic acids is 2. The lowest BCUT2D eigenvalue weighted by Crippen LogP contribution is -2.35. The van der Waals surface area contributed by atoms with Crippen LogP contribution in [-0.4, -0.2) is 35.5 Å². The van der Waals surface area contributed by atoms with Gasteiger partial charge in [0.1, 0.15) is 11.4 Å². The smallest absolute Gasteiger partial charge is 0.269 e. The fourth-order valence-corrected chi connectivity index (χ4v) is 5.66. The van der Waals surface area contributed by atoms with Crippen LogP contribution in [0, 0.1) is 13.8 Å². The van der Waals surface area contributed by atoms with E-state index in [4.69, 9.17) is 0 Å². The summed E-state index contributed by atoms with van der Waals surface area (Å²) < 4.78 is 28.2. The highest BCUT2D eigenvalue weighted by molar-refractivity contribution is 7.90. The molecule has 0 saturated heterocycles. The van der Waals surface area contributed by atoms with Crippen molar-refractivity contribution in [2.45, 2.75) is 31.7 Å². The van der Waals surface area contributed by atoms with E-state index in [1.165, 1.54) is 12.1 Å². The SMILES string of the molecule is Cc1cc(C(=O)CN2C(=O)c3ccccc3S2(=O)=O)c(C)n1C(C)c1ccccc1. The molecule has 0 fully saturated rings. The second kappa shape index (κ2) is 7.25. The Kier molecular flexibility index (Phi) is 4.86. The second-order valence-electron chi connectivity index (χ2n) is 7.48. The lowest BCUT2D eigenvalue weighted by atomic mass is 10.1. The van der Waals surface area contributed by atoms with Gasteiger partial charge in [0.15, 0.2) is 5.78 Å². The average Bonchev–Trinajstić information content (AvgIpc) is 3.14. The topological polar surface area (TPSA) is 76.5 Å². The van der Waals surface area contributed by atoms with E-state index in [1.54, 1.807) is 18.2 Å². The fourth-order valence-electron chi connectivity index (χ4n) is 4.14. The van der Waals surface area contributed by atoms with Crippen LogP contribution in [0.25, 0.3) is 0 Å². The van der Waals surface area contributed by atoms with Gasteiger partial charge in [-0.25, -0.2) is 12.7 Å². The van der Waals surface area contributed by atoms with Crippen molar-refractivity contribution in [3.63, 3.8) is 0 Å². The van der Waals surface area contributed by atoms with Crippen molar-refractivity contribution in [1.82, 2.24) is 8.87 Å². The van der Waals surface area contributed by atoms with E-state index in [1.807, 2.05) is 44.2 Å². The summed E-state index contributed by atoms with van der Waals surface area (Å²) in [7, 11) is -4.02. The van der Waals surface area contributed by atoms with Gasteiger partial charge in [-0.2, -0.15) is 0 Å². The maximum Gasteiger partial charge on any atom is 0.269 e. The van der Waals surface area contributed by atoms with Crippen molar-refractivity contribution in [2.75, 3.05) is 6.54 Å². The number of nitrogens with zero attached hydrogens (tertiary/aromatic N) is 2. The number of hydrogen-bond acceptors (Lipinski definition) is 4. The first-order valence-electron chi connectivity index (χ1n) is 9.66. The summed E-state index contributed by atoms with van der Waals surface area (Å²) in [6, 6.07) is 17.7. The van der Waals surface area contributed by atoms with Gasteiger partial charge in [-0.3, -0.25) is 9.59 Å². The van der Waals surface area contributed by atoms with E-state index in [0.29, 0.717) is 9.87 Å². The third-order valence-electron chi connectivity index (χ3n) is 5.65. The van der Waals surface area contributed by atoms with Gasteiger partial charge < -0.3 is 4.57 Å². The number of amides is 1. The number of rotatable bonds is 5. The molecular weight excluding hydrogens is 400 g/mol. The zero-order chi connectivity index (χ0) is 21.6. The molecule has 1 atom stereocenters. The summed E-state index contributed by atoms with van der Waals surface area (Å²) in [5, 5.41) is 0. The van der Waals surface area contributed by atoms with Crippen molar-refractivity contribution in [2.24, 2.45) is 0 Å². The largest absolute Gasteiger partial charge is 0.341 e. The number of sulfonamides is 1. The Morgan fingerprint density at radius 1 is 1.00 bits per heavy atom. The predicted octanol–water partition coefficient (Wildman–Crippen LogP) is 3.74. The van der Waals surface area contributed by atoms with Crippen LogP contribution in [0.15, 0.2) is 65.6 Å². The number of ketones is 1. The second-order valence-corrected chi connectivity index (χ2v) is 9.31. The van der Waals surface area contributed by atoms with Gasteiger partial charge in [0.05, 0.1) is 11.6 Å². The van der Waals surface area contributed by atoms with Gasteiger partial charge in [-0.15, -0.1) is 0 Å². The molecule has 1 aromatic heterocycles. The highest BCUT2D eigenvalue weighted by Gasteiger charge is 2.42. The van der Waals surface area contributed by atoms with Crippen molar-refractivity contribution in [1.29, 1.82) is 0 Å². The summed E-state index contributed by atoms with van der Waals surface area (Å²) in [5.41, 5.74) is 3.27. The normalized spacial score (nSPS) is 15.8. The molecule has 1 unspecified atom stereocenters. The number of hydrogen-bond donors (Lipinski definition) is 0. The highest BCUT2D eigenvalue weighted by atomic mass is 32.2. The minimum absolute atomic E-state index is 0.00848. The molecule has 30 heavy (non-hydrogen) atoms. The first kappa shape index (κ1) is 20.1. The zero-order valence-electron chi connectivity index (χ0n) is 17.0. The lowest BCUT2D eigenvalue weighted by molar-refractivity contribution is 0.0820. The molecule has 1 aliphatic rings. The number of aromatic nitrogens is 1. The molecular formula is C23H22N2O4S. The minimum atomic E-state index is -4.02.